The first-order valence-corrected chi connectivity index (χ1v) is 8.47. The molecule has 4 rings (SSSR count). The second kappa shape index (κ2) is 6.33. The highest BCUT2D eigenvalue weighted by atomic mass is 79.9. The zero-order chi connectivity index (χ0) is 16.5. The summed E-state index contributed by atoms with van der Waals surface area (Å²) in [6, 6.07) is 7.50. The first-order chi connectivity index (χ1) is 11.7. The molecule has 0 aromatic carbocycles. The van der Waals surface area contributed by atoms with E-state index in [0.29, 0.717) is 18.9 Å². The highest BCUT2D eigenvalue weighted by molar-refractivity contribution is 9.10. The zero-order valence-electron chi connectivity index (χ0n) is 12.8. The maximum atomic E-state index is 12.5. The molecule has 122 valence electrons. The van der Waals surface area contributed by atoms with Crippen LogP contribution in [0.15, 0.2) is 50.5 Å². The molecule has 24 heavy (non-hydrogen) atoms. The van der Waals surface area contributed by atoms with Crippen LogP contribution in [0.3, 0.4) is 0 Å². The van der Waals surface area contributed by atoms with E-state index in [1.807, 2.05) is 24.3 Å². The lowest BCUT2D eigenvalue weighted by Crippen LogP contribution is -2.35. The number of hydrogen-bond donors (Lipinski definition) is 1. The van der Waals surface area contributed by atoms with Gasteiger partial charge in [0, 0.05) is 37.5 Å². The molecule has 0 saturated heterocycles. The Morgan fingerprint density at radius 1 is 1.25 bits per heavy atom. The van der Waals surface area contributed by atoms with E-state index in [4.69, 9.17) is 4.42 Å². The van der Waals surface area contributed by atoms with E-state index >= 15 is 0 Å². The quantitative estimate of drug-likeness (QED) is 0.748. The fraction of sp³-hybridized carbons (Fsp3) is 0.235. The van der Waals surface area contributed by atoms with Crippen molar-refractivity contribution in [3.05, 3.63) is 68.7 Å². The lowest BCUT2D eigenvalue weighted by atomic mass is 10.1. The SMILES string of the molecule is O=c1[nH]c(-c2ccncc2)nc2c1CN(Cc1ccc(Br)o1)CC2. The van der Waals surface area contributed by atoms with Crippen molar-refractivity contribution in [2.45, 2.75) is 19.5 Å². The summed E-state index contributed by atoms with van der Waals surface area (Å²) in [6.45, 7) is 2.10. The summed E-state index contributed by atoms with van der Waals surface area (Å²) >= 11 is 3.31. The summed E-state index contributed by atoms with van der Waals surface area (Å²) in [6.07, 6.45) is 4.13. The summed E-state index contributed by atoms with van der Waals surface area (Å²) in [5.41, 5.74) is 2.41. The van der Waals surface area contributed by atoms with Crippen molar-refractivity contribution < 1.29 is 4.42 Å². The number of rotatable bonds is 3. The fourth-order valence-corrected chi connectivity index (χ4v) is 3.26. The normalized spacial score (nSPS) is 14.5. The smallest absolute Gasteiger partial charge is 0.255 e. The summed E-state index contributed by atoms with van der Waals surface area (Å²) in [5, 5.41) is 0. The Morgan fingerprint density at radius 3 is 2.83 bits per heavy atom. The van der Waals surface area contributed by atoms with E-state index in [0.717, 1.165) is 40.2 Å². The summed E-state index contributed by atoms with van der Waals surface area (Å²) < 4.78 is 6.27. The molecule has 0 radical (unpaired) electrons. The largest absolute Gasteiger partial charge is 0.453 e. The number of nitrogens with zero attached hydrogens (tertiary/aromatic N) is 3. The number of furan rings is 1. The van der Waals surface area contributed by atoms with Crippen LogP contribution in [0, 0.1) is 0 Å². The van der Waals surface area contributed by atoms with Crippen LogP contribution >= 0.6 is 15.9 Å². The van der Waals surface area contributed by atoms with Gasteiger partial charge in [-0.25, -0.2) is 4.98 Å². The van der Waals surface area contributed by atoms with Gasteiger partial charge in [-0.05, 0) is 40.2 Å². The van der Waals surface area contributed by atoms with Crippen molar-refractivity contribution >= 4 is 15.9 Å². The number of pyridine rings is 1. The van der Waals surface area contributed by atoms with Crippen LogP contribution in [0.2, 0.25) is 0 Å². The monoisotopic (exact) mass is 386 g/mol. The van der Waals surface area contributed by atoms with Crippen molar-refractivity contribution in [3.63, 3.8) is 0 Å². The van der Waals surface area contributed by atoms with Crippen LogP contribution in [0.25, 0.3) is 11.4 Å². The Bertz CT molecular complexity index is 920. The topological polar surface area (TPSA) is 75.0 Å². The lowest BCUT2D eigenvalue weighted by Gasteiger charge is -2.26. The first kappa shape index (κ1) is 15.3. The Kier molecular flexibility index (Phi) is 4.03. The van der Waals surface area contributed by atoms with Crippen LogP contribution < -0.4 is 5.56 Å². The van der Waals surface area contributed by atoms with Gasteiger partial charge >= 0.3 is 0 Å². The van der Waals surface area contributed by atoms with Gasteiger partial charge in [0.1, 0.15) is 11.6 Å². The van der Waals surface area contributed by atoms with Gasteiger partial charge in [0.05, 0.1) is 17.8 Å². The predicted octanol–water partition coefficient (Wildman–Crippen LogP) is 2.75. The van der Waals surface area contributed by atoms with Gasteiger partial charge in [-0.1, -0.05) is 0 Å². The van der Waals surface area contributed by atoms with Gasteiger partial charge in [0.2, 0.25) is 0 Å². The van der Waals surface area contributed by atoms with Crippen molar-refractivity contribution in [2.75, 3.05) is 6.54 Å². The highest BCUT2D eigenvalue weighted by Crippen LogP contribution is 2.21. The predicted molar refractivity (Wildman–Crippen MR) is 92.3 cm³/mol. The molecule has 6 nitrogen and oxygen atoms in total. The number of halogens is 1. The molecular weight excluding hydrogens is 372 g/mol. The van der Waals surface area contributed by atoms with E-state index in [1.165, 1.54) is 0 Å². The van der Waals surface area contributed by atoms with Gasteiger partial charge in [0.25, 0.3) is 5.56 Å². The minimum Gasteiger partial charge on any atom is -0.453 e. The molecule has 0 atom stereocenters. The molecule has 0 amide bonds. The molecule has 1 aliphatic heterocycles. The summed E-state index contributed by atoms with van der Waals surface area (Å²) in [5.74, 6) is 1.48. The molecule has 0 unspecified atom stereocenters. The van der Waals surface area contributed by atoms with E-state index in [1.54, 1.807) is 12.4 Å². The molecule has 3 aromatic rings. The molecule has 0 saturated carbocycles. The minimum atomic E-state index is -0.0721. The maximum absolute atomic E-state index is 12.5. The van der Waals surface area contributed by atoms with Crippen molar-refractivity contribution in [1.82, 2.24) is 19.9 Å². The second-order valence-electron chi connectivity index (χ2n) is 5.74. The van der Waals surface area contributed by atoms with E-state index in [9.17, 15) is 4.79 Å². The van der Waals surface area contributed by atoms with Crippen LogP contribution in [-0.4, -0.2) is 26.4 Å². The van der Waals surface area contributed by atoms with Crippen LogP contribution in [0.5, 0.6) is 0 Å². The van der Waals surface area contributed by atoms with E-state index < -0.39 is 0 Å². The molecule has 0 spiro atoms. The standard InChI is InChI=1S/C17H15BrN4O2/c18-15-2-1-12(24-15)9-22-8-5-14-13(10-22)17(23)21-16(20-14)11-3-6-19-7-4-11/h1-4,6-7H,5,8-10H2,(H,20,21,23). The first-order valence-electron chi connectivity index (χ1n) is 7.68. The second-order valence-corrected chi connectivity index (χ2v) is 6.52. The molecule has 7 heteroatoms. The van der Waals surface area contributed by atoms with E-state index in [2.05, 4.69) is 35.8 Å². The van der Waals surface area contributed by atoms with Gasteiger partial charge in [-0.15, -0.1) is 0 Å². The number of H-pyrrole nitrogens is 1. The van der Waals surface area contributed by atoms with Crippen LogP contribution in [0.4, 0.5) is 0 Å². The number of nitrogens with one attached hydrogen (secondary N) is 1. The molecule has 1 N–H and O–H groups in total. The minimum absolute atomic E-state index is 0.0721. The van der Waals surface area contributed by atoms with E-state index in [-0.39, 0.29) is 5.56 Å². The van der Waals surface area contributed by atoms with Gasteiger partial charge in [-0.3, -0.25) is 14.7 Å². The molecule has 4 heterocycles. The third kappa shape index (κ3) is 3.05. The Labute approximate surface area is 146 Å². The molecule has 1 aliphatic rings. The number of aromatic amines is 1. The number of aromatic nitrogens is 3. The fourth-order valence-electron chi connectivity index (χ4n) is 2.92. The van der Waals surface area contributed by atoms with Gasteiger partial charge in [0.15, 0.2) is 4.67 Å². The van der Waals surface area contributed by atoms with Gasteiger partial charge < -0.3 is 9.40 Å². The number of fused-ring (bicyclic) bond motifs is 1. The molecular formula is C17H15BrN4O2. The van der Waals surface area contributed by atoms with Crippen molar-refractivity contribution in [2.24, 2.45) is 0 Å². The Balaban J connectivity index is 1.59. The van der Waals surface area contributed by atoms with Crippen LogP contribution in [0.1, 0.15) is 17.0 Å². The average Bonchev–Trinajstić information content (AvgIpc) is 3.01. The Hall–Kier alpha value is -2.25. The van der Waals surface area contributed by atoms with Crippen molar-refractivity contribution in [3.8, 4) is 11.4 Å². The highest BCUT2D eigenvalue weighted by Gasteiger charge is 2.22. The zero-order valence-corrected chi connectivity index (χ0v) is 14.4. The third-order valence-corrected chi connectivity index (χ3v) is 4.54. The third-order valence-electron chi connectivity index (χ3n) is 4.11. The Morgan fingerprint density at radius 2 is 2.08 bits per heavy atom. The average molecular weight is 387 g/mol. The summed E-state index contributed by atoms with van der Waals surface area (Å²) in [4.78, 5) is 26.2. The number of hydrogen-bond acceptors (Lipinski definition) is 5. The maximum Gasteiger partial charge on any atom is 0.255 e. The summed E-state index contributed by atoms with van der Waals surface area (Å²) in [7, 11) is 0. The molecule has 3 aromatic heterocycles. The van der Waals surface area contributed by atoms with Crippen molar-refractivity contribution in [1.29, 1.82) is 0 Å². The molecule has 0 fully saturated rings. The van der Waals surface area contributed by atoms with Gasteiger partial charge in [-0.2, -0.15) is 0 Å². The van der Waals surface area contributed by atoms with Crippen LogP contribution in [-0.2, 0) is 19.5 Å². The molecule has 0 bridgehead atoms. The lowest BCUT2D eigenvalue weighted by molar-refractivity contribution is 0.221. The molecule has 0 aliphatic carbocycles.